The summed E-state index contributed by atoms with van der Waals surface area (Å²) in [6.45, 7) is 3.13. The van der Waals surface area contributed by atoms with Crippen molar-refractivity contribution < 1.29 is 22.6 Å². The first-order valence-corrected chi connectivity index (χ1v) is 10.6. The van der Waals surface area contributed by atoms with Crippen molar-refractivity contribution in [2.45, 2.75) is 44.4 Å². The average Bonchev–Trinajstić information content (AvgIpc) is 3.21. The van der Waals surface area contributed by atoms with Crippen LogP contribution in [0.2, 0.25) is 0 Å². The molecule has 1 heterocycles. The number of guanidine groups is 1. The van der Waals surface area contributed by atoms with E-state index in [1.807, 2.05) is 0 Å². The summed E-state index contributed by atoms with van der Waals surface area (Å²) in [5, 5.41) is 3.52. The van der Waals surface area contributed by atoms with Gasteiger partial charge in [0.25, 0.3) is 0 Å². The Morgan fingerprint density at radius 1 is 1.32 bits per heavy atom. The minimum Gasteiger partial charge on any atom is -0.385 e. The zero-order valence-corrected chi connectivity index (χ0v) is 20.5. The molecule has 2 aliphatic rings. The van der Waals surface area contributed by atoms with Crippen LogP contribution in [0.1, 0.15) is 49.3 Å². The standard InChI is InChI=1S/C22H32F3N3O2.HI/c1-26-20(27-16-21(10-12-29-2)8-3-4-9-21)28-11-13-30-19(15-28)17-6-5-7-18(14-17)22(23,24)25;/h5-7,14,19H,3-4,8-13,15-16H2,1-2H3,(H,26,27);1H. The van der Waals surface area contributed by atoms with Crippen molar-refractivity contribution in [3.8, 4) is 0 Å². The van der Waals surface area contributed by atoms with Gasteiger partial charge in [-0.1, -0.05) is 25.0 Å². The number of hydrogen-bond donors (Lipinski definition) is 1. The smallest absolute Gasteiger partial charge is 0.385 e. The highest BCUT2D eigenvalue weighted by molar-refractivity contribution is 14.0. The number of alkyl halides is 3. The molecule has 5 nitrogen and oxygen atoms in total. The van der Waals surface area contributed by atoms with Gasteiger partial charge in [-0.05, 0) is 42.4 Å². The fourth-order valence-electron chi connectivity index (χ4n) is 4.52. The Labute approximate surface area is 199 Å². The lowest BCUT2D eigenvalue weighted by molar-refractivity contribution is -0.137. The molecule has 0 aromatic heterocycles. The lowest BCUT2D eigenvalue weighted by Gasteiger charge is -2.37. The van der Waals surface area contributed by atoms with E-state index in [2.05, 4.69) is 15.2 Å². The maximum absolute atomic E-state index is 13.1. The molecule has 1 atom stereocenters. The van der Waals surface area contributed by atoms with Crippen LogP contribution in [0.3, 0.4) is 0 Å². The molecule has 1 saturated heterocycles. The van der Waals surface area contributed by atoms with E-state index in [1.165, 1.54) is 37.8 Å². The van der Waals surface area contributed by atoms with Crippen molar-refractivity contribution in [2.75, 3.05) is 47.0 Å². The van der Waals surface area contributed by atoms with E-state index in [0.29, 0.717) is 25.3 Å². The Kier molecular flexibility index (Phi) is 9.88. The number of halogens is 4. The molecule has 0 radical (unpaired) electrons. The van der Waals surface area contributed by atoms with Crippen LogP contribution in [0, 0.1) is 5.41 Å². The molecular weight excluding hydrogens is 522 g/mol. The third-order valence-electron chi connectivity index (χ3n) is 6.29. The first-order valence-electron chi connectivity index (χ1n) is 10.6. The summed E-state index contributed by atoms with van der Waals surface area (Å²) in [6, 6.07) is 5.40. The number of methoxy groups -OCH3 is 1. The molecule has 3 rings (SSSR count). The highest BCUT2D eigenvalue weighted by Crippen LogP contribution is 2.40. The highest BCUT2D eigenvalue weighted by Gasteiger charge is 2.35. The summed E-state index contributed by atoms with van der Waals surface area (Å²) in [6.07, 6.45) is 1.06. The van der Waals surface area contributed by atoms with Gasteiger partial charge < -0.3 is 19.7 Å². The van der Waals surface area contributed by atoms with Crippen LogP contribution in [0.25, 0.3) is 0 Å². The SMILES string of the molecule is CN=C(NCC1(CCOC)CCCC1)N1CCOC(c2cccc(C(F)(F)F)c2)C1.I. The van der Waals surface area contributed by atoms with E-state index < -0.39 is 17.8 Å². The Hall–Kier alpha value is -1.07. The lowest BCUT2D eigenvalue weighted by Crippen LogP contribution is -2.50. The van der Waals surface area contributed by atoms with Crippen LogP contribution in [0.5, 0.6) is 0 Å². The number of morpholine rings is 1. The summed E-state index contributed by atoms with van der Waals surface area (Å²) >= 11 is 0. The molecule has 0 bridgehead atoms. The second kappa shape index (κ2) is 11.7. The zero-order valence-electron chi connectivity index (χ0n) is 18.2. The Morgan fingerprint density at radius 3 is 2.71 bits per heavy atom. The van der Waals surface area contributed by atoms with Gasteiger partial charge in [0.15, 0.2) is 5.96 Å². The van der Waals surface area contributed by atoms with E-state index in [0.717, 1.165) is 31.6 Å². The van der Waals surface area contributed by atoms with Crippen LogP contribution in [-0.2, 0) is 15.7 Å². The second-order valence-corrected chi connectivity index (χ2v) is 8.28. The first kappa shape index (κ1) is 26.2. The zero-order chi connectivity index (χ0) is 21.6. The molecule has 31 heavy (non-hydrogen) atoms. The molecule has 9 heteroatoms. The summed E-state index contributed by atoms with van der Waals surface area (Å²) in [7, 11) is 3.48. The first-order chi connectivity index (χ1) is 14.4. The second-order valence-electron chi connectivity index (χ2n) is 8.28. The van der Waals surface area contributed by atoms with Gasteiger partial charge in [-0.2, -0.15) is 13.2 Å². The van der Waals surface area contributed by atoms with E-state index in [-0.39, 0.29) is 29.4 Å². The number of benzene rings is 1. The van der Waals surface area contributed by atoms with Crippen LogP contribution < -0.4 is 5.32 Å². The largest absolute Gasteiger partial charge is 0.416 e. The molecule has 0 amide bonds. The average molecular weight is 555 g/mol. The van der Waals surface area contributed by atoms with Crippen molar-refractivity contribution >= 4 is 29.9 Å². The molecule has 1 aromatic rings. The van der Waals surface area contributed by atoms with Crippen LogP contribution in [0.4, 0.5) is 13.2 Å². The molecule has 1 unspecified atom stereocenters. The van der Waals surface area contributed by atoms with E-state index in [4.69, 9.17) is 9.47 Å². The third-order valence-corrected chi connectivity index (χ3v) is 6.29. The van der Waals surface area contributed by atoms with Crippen LogP contribution in [0.15, 0.2) is 29.3 Å². The molecule has 176 valence electrons. The Balaban J connectivity index is 0.00000341. The summed E-state index contributed by atoms with van der Waals surface area (Å²) in [4.78, 5) is 6.51. The predicted octanol–water partition coefficient (Wildman–Crippen LogP) is 4.87. The number of nitrogens with zero attached hydrogens (tertiary/aromatic N) is 2. The maximum Gasteiger partial charge on any atom is 0.416 e. The minimum absolute atomic E-state index is 0. The summed E-state index contributed by atoms with van der Waals surface area (Å²) < 4.78 is 50.3. The quantitative estimate of drug-likeness (QED) is 0.309. The van der Waals surface area contributed by atoms with E-state index in [1.54, 1.807) is 20.2 Å². The Morgan fingerprint density at radius 2 is 2.06 bits per heavy atom. The topological polar surface area (TPSA) is 46.1 Å². The molecule has 1 saturated carbocycles. The number of nitrogens with one attached hydrogen (secondary N) is 1. The van der Waals surface area contributed by atoms with Crippen LogP contribution >= 0.6 is 24.0 Å². The maximum atomic E-state index is 13.1. The molecule has 1 N–H and O–H groups in total. The monoisotopic (exact) mass is 555 g/mol. The summed E-state index contributed by atoms with van der Waals surface area (Å²) in [5.74, 6) is 0.777. The lowest BCUT2D eigenvalue weighted by atomic mass is 9.83. The molecule has 1 aliphatic carbocycles. The van der Waals surface area contributed by atoms with Crippen molar-refractivity contribution in [3.63, 3.8) is 0 Å². The number of ether oxygens (including phenoxy) is 2. The van der Waals surface area contributed by atoms with Gasteiger partial charge in [0, 0.05) is 33.9 Å². The Bertz CT molecular complexity index is 724. The van der Waals surface area contributed by atoms with Crippen molar-refractivity contribution in [1.29, 1.82) is 0 Å². The van der Waals surface area contributed by atoms with Gasteiger partial charge >= 0.3 is 6.18 Å². The minimum atomic E-state index is -4.36. The number of rotatable bonds is 6. The molecule has 1 aromatic carbocycles. The van der Waals surface area contributed by atoms with Gasteiger partial charge in [-0.25, -0.2) is 0 Å². The van der Waals surface area contributed by atoms with Gasteiger partial charge in [0.1, 0.15) is 6.10 Å². The van der Waals surface area contributed by atoms with E-state index in [9.17, 15) is 13.2 Å². The molecule has 2 fully saturated rings. The fourth-order valence-corrected chi connectivity index (χ4v) is 4.52. The number of aliphatic imine (C=N–C) groups is 1. The molecular formula is C22H33F3IN3O2. The summed E-state index contributed by atoms with van der Waals surface area (Å²) in [5.41, 5.74) is 0.112. The molecule has 0 spiro atoms. The van der Waals surface area contributed by atoms with Gasteiger partial charge in [0.2, 0.25) is 0 Å². The van der Waals surface area contributed by atoms with Gasteiger partial charge in [0.05, 0.1) is 18.7 Å². The van der Waals surface area contributed by atoms with E-state index >= 15 is 0 Å². The van der Waals surface area contributed by atoms with Gasteiger partial charge in [-0.3, -0.25) is 4.99 Å². The normalized spacial score (nSPS) is 21.6. The highest BCUT2D eigenvalue weighted by atomic mass is 127. The predicted molar refractivity (Wildman–Crippen MR) is 126 cm³/mol. The van der Waals surface area contributed by atoms with Crippen LogP contribution in [-0.4, -0.2) is 57.9 Å². The van der Waals surface area contributed by atoms with Crippen molar-refractivity contribution in [3.05, 3.63) is 35.4 Å². The van der Waals surface area contributed by atoms with Crippen molar-refractivity contribution in [2.24, 2.45) is 10.4 Å². The fraction of sp³-hybridized carbons (Fsp3) is 0.682. The third kappa shape index (κ3) is 6.95. The van der Waals surface area contributed by atoms with Gasteiger partial charge in [-0.15, -0.1) is 24.0 Å². The van der Waals surface area contributed by atoms with Crippen molar-refractivity contribution in [1.82, 2.24) is 10.2 Å². The molecule has 1 aliphatic heterocycles. The number of hydrogen-bond acceptors (Lipinski definition) is 3.